The van der Waals surface area contributed by atoms with E-state index in [0.29, 0.717) is 19.6 Å². The third kappa shape index (κ3) is 7.04. The van der Waals surface area contributed by atoms with Crippen LogP contribution in [0.4, 0.5) is 0 Å². The van der Waals surface area contributed by atoms with Crippen molar-refractivity contribution in [2.24, 2.45) is 0 Å². The van der Waals surface area contributed by atoms with Gasteiger partial charge >= 0.3 is 0 Å². The average molecular weight is 282 g/mol. The number of unbranched alkanes of at least 4 members (excludes halogenated alkanes) is 9. The van der Waals surface area contributed by atoms with Crippen LogP contribution >= 0.6 is 0 Å². The van der Waals surface area contributed by atoms with Crippen molar-refractivity contribution in [2.75, 3.05) is 19.6 Å². The van der Waals surface area contributed by atoms with Crippen molar-refractivity contribution in [2.45, 2.75) is 71.1 Å². The van der Waals surface area contributed by atoms with Crippen molar-refractivity contribution in [1.82, 2.24) is 10.2 Å². The molecule has 0 saturated carbocycles. The molecule has 4 heteroatoms. The molecule has 0 unspecified atom stereocenters. The fourth-order valence-corrected chi connectivity index (χ4v) is 2.61. The standard InChI is InChI=1S/C16H30N2O2/c1-2-3-4-5-6-7-8-9-10-11-12-18-15(19)13-17-14-16(18)20/h17H,2-14H2,1H3. The zero-order valence-electron chi connectivity index (χ0n) is 13.0. The zero-order chi connectivity index (χ0) is 14.6. The molecular formula is C16H30N2O2. The van der Waals surface area contributed by atoms with Gasteiger partial charge in [-0.2, -0.15) is 0 Å². The van der Waals surface area contributed by atoms with Crippen LogP contribution in [0.1, 0.15) is 71.1 Å². The monoisotopic (exact) mass is 282 g/mol. The Morgan fingerprint density at radius 2 is 1.25 bits per heavy atom. The van der Waals surface area contributed by atoms with Gasteiger partial charge in [0.2, 0.25) is 11.8 Å². The number of nitrogens with one attached hydrogen (secondary N) is 1. The lowest BCUT2D eigenvalue weighted by atomic mass is 10.1. The molecule has 1 fully saturated rings. The van der Waals surface area contributed by atoms with Gasteiger partial charge in [-0.15, -0.1) is 0 Å². The normalized spacial score (nSPS) is 15.9. The van der Waals surface area contributed by atoms with Crippen LogP contribution in [0.15, 0.2) is 0 Å². The van der Waals surface area contributed by atoms with Crippen LogP contribution in [0, 0.1) is 0 Å². The molecule has 0 atom stereocenters. The molecule has 1 aliphatic rings. The molecule has 0 radical (unpaired) electrons. The van der Waals surface area contributed by atoms with Gasteiger partial charge in [-0.25, -0.2) is 0 Å². The second kappa shape index (κ2) is 10.8. The summed E-state index contributed by atoms with van der Waals surface area (Å²) in [5.41, 5.74) is 0. The van der Waals surface area contributed by atoms with Crippen molar-refractivity contribution in [3.05, 3.63) is 0 Å². The van der Waals surface area contributed by atoms with E-state index in [2.05, 4.69) is 12.2 Å². The number of carbonyl (C=O) groups is 2. The highest BCUT2D eigenvalue weighted by molar-refractivity contribution is 5.99. The van der Waals surface area contributed by atoms with Gasteiger partial charge in [0.15, 0.2) is 0 Å². The van der Waals surface area contributed by atoms with Gasteiger partial charge in [-0.3, -0.25) is 19.8 Å². The Labute approximate surface area is 123 Å². The summed E-state index contributed by atoms with van der Waals surface area (Å²) in [7, 11) is 0. The fraction of sp³-hybridized carbons (Fsp3) is 0.875. The van der Waals surface area contributed by atoms with E-state index >= 15 is 0 Å². The third-order valence-electron chi connectivity index (χ3n) is 3.89. The maximum atomic E-state index is 11.5. The smallest absolute Gasteiger partial charge is 0.243 e. The summed E-state index contributed by atoms with van der Waals surface area (Å²) < 4.78 is 0. The highest BCUT2D eigenvalue weighted by Gasteiger charge is 2.24. The Bertz CT molecular complexity index is 276. The van der Waals surface area contributed by atoms with E-state index < -0.39 is 0 Å². The predicted octanol–water partition coefficient (Wildman–Crippen LogP) is 2.87. The SMILES string of the molecule is CCCCCCCCCCCCN1C(=O)CNCC1=O. The molecule has 4 nitrogen and oxygen atoms in total. The molecule has 0 spiro atoms. The minimum atomic E-state index is -0.0721. The molecule has 1 heterocycles. The molecule has 0 aliphatic carbocycles. The van der Waals surface area contributed by atoms with E-state index in [9.17, 15) is 9.59 Å². The average Bonchev–Trinajstić information content (AvgIpc) is 2.43. The van der Waals surface area contributed by atoms with Gasteiger partial charge < -0.3 is 0 Å². The number of rotatable bonds is 11. The van der Waals surface area contributed by atoms with E-state index in [1.165, 1.54) is 56.3 Å². The number of piperazine rings is 1. The quantitative estimate of drug-likeness (QED) is 0.468. The van der Waals surface area contributed by atoms with Gasteiger partial charge in [0.1, 0.15) is 0 Å². The van der Waals surface area contributed by atoms with Gasteiger partial charge in [0, 0.05) is 6.54 Å². The second-order valence-electron chi connectivity index (χ2n) is 5.72. The Hall–Kier alpha value is -0.900. The molecule has 1 aliphatic heterocycles. The molecule has 0 aromatic heterocycles. The molecule has 1 N–H and O–H groups in total. The molecule has 20 heavy (non-hydrogen) atoms. The molecule has 116 valence electrons. The van der Waals surface area contributed by atoms with Crippen LogP contribution in [-0.4, -0.2) is 36.3 Å². The maximum absolute atomic E-state index is 11.5. The van der Waals surface area contributed by atoms with Crippen LogP contribution < -0.4 is 5.32 Å². The van der Waals surface area contributed by atoms with Crippen molar-refractivity contribution in [1.29, 1.82) is 0 Å². The van der Waals surface area contributed by atoms with Crippen molar-refractivity contribution in [3.63, 3.8) is 0 Å². The van der Waals surface area contributed by atoms with Crippen LogP contribution in [0.2, 0.25) is 0 Å². The minimum absolute atomic E-state index is 0.0721. The number of hydrogen-bond acceptors (Lipinski definition) is 3. The molecule has 2 amide bonds. The second-order valence-corrected chi connectivity index (χ2v) is 5.72. The van der Waals surface area contributed by atoms with Crippen molar-refractivity contribution >= 4 is 11.8 Å². The zero-order valence-corrected chi connectivity index (χ0v) is 13.0. The molecule has 1 rings (SSSR count). The fourth-order valence-electron chi connectivity index (χ4n) is 2.61. The van der Waals surface area contributed by atoms with Gasteiger partial charge in [0.05, 0.1) is 13.1 Å². The van der Waals surface area contributed by atoms with Crippen LogP contribution in [0.5, 0.6) is 0 Å². The number of nitrogens with zero attached hydrogens (tertiary/aromatic N) is 1. The number of carbonyl (C=O) groups excluding carboxylic acids is 2. The lowest BCUT2D eigenvalue weighted by molar-refractivity contribution is -0.146. The number of imide groups is 1. The summed E-state index contributed by atoms with van der Waals surface area (Å²) >= 11 is 0. The van der Waals surface area contributed by atoms with Crippen LogP contribution in [-0.2, 0) is 9.59 Å². The summed E-state index contributed by atoms with van der Waals surface area (Å²) in [6.07, 6.45) is 12.7. The predicted molar refractivity (Wildman–Crippen MR) is 81.4 cm³/mol. The van der Waals surface area contributed by atoms with Crippen molar-refractivity contribution < 1.29 is 9.59 Å². The Morgan fingerprint density at radius 1 is 0.800 bits per heavy atom. The highest BCUT2D eigenvalue weighted by Crippen LogP contribution is 2.11. The van der Waals surface area contributed by atoms with E-state index in [-0.39, 0.29) is 11.8 Å². The number of hydrogen-bond donors (Lipinski definition) is 1. The summed E-state index contributed by atoms with van der Waals surface area (Å²) in [5.74, 6) is -0.144. The lowest BCUT2D eigenvalue weighted by Crippen LogP contribution is -2.52. The summed E-state index contributed by atoms with van der Waals surface area (Å²) in [4.78, 5) is 24.5. The van der Waals surface area contributed by atoms with E-state index in [0.717, 1.165) is 12.8 Å². The van der Waals surface area contributed by atoms with Crippen LogP contribution in [0.25, 0.3) is 0 Å². The first-order chi connectivity index (χ1) is 9.75. The van der Waals surface area contributed by atoms with Crippen molar-refractivity contribution in [3.8, 4) is 0 Å². The minimum Gasteiger partial charge on any atom is -0.300 e. The molecule has 0 bridgehead atoms. The molecule has 0 aromatic rings. The van der Waals surface area contributed by atoms with E-state index in [4.69, 9.17) is 0 Å². The topological polar surface area (TPSA) is 49.4 Å². The summed E-state index contributed by atoms with van der Waals surface area (Å²) in [6.45, 7) is 3.47. The highest BCUT2D eigenvalue weighted by atomic mass is 16.2. The molecule has 0 aromatic carbocycles. The lowest BCUT2D eigenvalue weighted by Gasteiger charge is -2.25. The van der Waals surface area contributed by atoms with Gasteiger partial charge in [-0.05, 0) is 6.42 Å². The number of amides is 2. The summed E-state index contributed by atoms with van der Waals surface area (Å²) in [6, 6.07) is 0. The maximum Gasteiger partial charge on any atom is 0.243 e. The summed E-state index contributed by atoms with van der Waals surface area (Å²) in [5, 5.41) is 2.81. The Morgan fingerprint density at radius 3 is 1.75 bits per heavy atom. The first-order valence-electron chi connectivity index (χ1n) is 8.29. The largest absolute Gasteiger partial charge is 0.300 e. The van der Waals surface area contributed by atoms with Gasteiger partial charge in [-0.1, -0.05) is 64.7 Å². The third-order valence-corrected chi connectivity index (χ3v) is 3.89. The molecular weight excluding hydrogens is 252 g/mol. The first-order valence-corrected chi connectivity index (χ1v) is 8.29. The van der Waals surface area contributed by atoms with Crippen LogP contribution in [0.3, 0.4) is 0 Å². The Kier molecular flexibility index (Phi) is 9.29. The Balaban J connectivity index is 1.91. The van der Waals surface area contributed by atoms with E-state index in [1.54, 1.807) is 0 Å². The van der Waals surface area contributed by atoms with E-state index in [1.807, 2.05) is 0 Å². The molecule has 1 saturated heterocycles. The first kappa shape index (κ1) is 17.2. The van der Waals surface area contributed by atoms with Gasteiger partial charge in [0.25, 0.3) is 0 Å².